The molecule has 0 atom stereocenters. The zero-order chi connectivity index (χ0) is 14.4. The molecule has 0 aromatic heterocycles. The van der Waals surface area contributed by atoms with E-state index in [-0.39, 0.29) is 5.02 Å². The summed E-state index contributed by atoms with van der Waals surface area (Å²) < 4.78 is 18.4. The van der Waals surface area contributed by atoms with Gasteiger partial charge in [0.15, 0.2) is 5.96 Å². The van der Waals surface area contributed by atoms with Crippen LogP contribution in [-0.4, -0.2) is 48.6 Å². The monoisotopic (exact) mass is 317 g/mol. The normalized spacial score (nSPS) is 16.3. The topological polar surface area (TPSA) is 50.9 Å². The number of thioether (sulfide) groups is 1. The van der Waals surface area contributed by atoms with Crippen LogP contribution < -0.4 is 10.5 Å². The molecule has 1 fully saturated rings. The summed E-state index contributed by atoms with van der Waals surface area (Å²) in [5, 5.41) is 0.0522. The van der Waals surface area contributed by atoms with Gasteiger partial charge in [0.25, 0.3) is 0 Å². The Labute approximate surface area is 127 Å². The maximum atomic E-state index is 13.0. The Morgan fingerprint density at radius 1 is 1.45 bits per heavy atom. The number of ether oxygens (including phenoxy) is 1. The van der Waals surface area contributed by atoms with Crippen molar-refractivity contribution in [2.75, 3.05) is 37.7 Å². The standard InChI is InChI=1S/C13H17ClFN3OS/c14-11-9-10(1-2-12(11)15)19-6-3-17-13(16)18-4-7-20-8-5-18/h1-2,9H,3-8H2,(H2,16,17). The molecule has 1 aromatic carbocycles. The first-order chi connectivity index (χ1) is 9.66. The molecular weight excluding hydrogens is 301 g/mol. The molecule has 0 bridgehead atoms. The van der Waals surface area contributed by atoms with Crippen molar-refractivity contribution in [3.8, 4) is 5.75 Å². The largest absolute Gasteiger partial charge is 0.492 e. The summed E-state index contributed by atoms with van der Waals surface area (Å²) in [4.78, 5) is 6.36. The molecule has 0 saturated carbocycles. The van der Waals surface area contributed by atoms with Crippen molar-refractivity contribution in [3.05, 3.63) is 29.0 Å². The minimum Gasteiger partial charge on any atom is -0.492 e. The summed E-state index contributed by atoms with van der Waals surface area (Å²) in [6.07, 6.45) is 0. The fourth-order valence-corrected chi connectivity index (χ4v) is 2.86. The van der Waals surface area contributed by atoms with Crippen LogP contribution in [0.25, 0.3) is 0 Å². The molecule has 1 aromatic rings. The maximum absolute atomic E-state index is 13.0. The van der Waals surface area contributed by atoms with Crippen LogP contribution >= 0.6 is 23.4 Å². The fraction of sp³-hybridized carbons (Fsp3) is 0.462. The van der Waals surface area contributed by atoms with E-state index in [2.05, 4.69) is 9.89 Å². The quantitative estimate of drug-likeness (QED) is 0.525. The second kappa shape index (κ2) is 7.59. The van der Waals surface area contributed by atoms with Gasteiger partial charge in [-0.05, 0) is 12.1 Å². The molecule has 0 spiro atoms. The van der Waals surface area contributed by atoms with E-state index < -0.39 is 5.82 Å². The molecule has 1 aliphatic heterocycles. The second-order valence-corrected chi connectivity index (χ2v) is 5.90. The summed E-state index contributed by atoms with van der Waals surface area (Å²) in [6.45, 7) is 2.72. The number of nitrogens with two attached hydrogens (primary N) is 1. The highest BCUT2D eigenvalue weighted by Gasteiger charge is 2.11. The molecule has 0 unspecified atom stereocenters. The number of benzene rings is 1. The van der Waals surface area contributed by atoms with Crippen molar-refractivity contribution in [1.82, 2.24) is 4.90 Å². The minimum absolute atomic E-state index is 0.0522. The molecule has 0 radical (unpaired) electrons. The van der Waals surface area contributed by atoms with Gasteiger partial charge in [-0.25, -0.2) is 9.38 Å². The maximum Gasteiger partial charge on any atom is 0.191 e. The molecule has 0 aliphatic carbocycles. The average Bonchev–Trinajstić information content (AvgIpc) is 2.48. The summed E-state index contributed by atoms with van der Waals surface area (Å²) in [5.41, 5.74) is 5.91. The van der Waals surface area contributed by atoms with E-state index in [1.807, 2.05) is 11.8 Å². The van der Waals surface area contributed by atoms with E-state index in [1.54, 1.807) is 0 Å². The third-order valence-corrected chi connectivity index (χ3v) is 4.09. The number of hydrogen-bond acceptors (Lipinski definition) is 3. The third kappa shape index (κ3) is 4.45. The first-order valence-electron chi connectivity index (χ1n) is 6.37. The molecule has 7 heteroatoms. The lowest BCUT2D eigenvalue weighted by atomic mass is 10.3. The van der Waals surface area contributed by atoms with Crippen molar-refractivity contribution in [3.63, 3.8) is 0 Å². The highest BCUT2D eigenvalue weighted by atomic mass is 35.5. The van der Waals surface area contributed by atoms with E-state index in [9.17, 15) is 4.39 Å². The van der Waals surface area contributed by atoms with Crippen molar-refractivity contribution in [1.29, 1.82) is 0 Å². The minimum atomic E-state index is -0.454. The first kappa shape index (κ1) is 15.3. The molecule has 20 heavy (non-hydrogen) atoms. The predicted octanol–water partition coefficient (Wildman–Crippen LogP) is 2.22. The van der Waals surface area contributed by atoms with Crippen LogP contribution in [0, 0.1) is 5.82 Å². The average molecular weight is 318 g/mol. The Balaban J connectivity index is 1.76. The van der Waals surface area contributed by atoms with Gasteiger partial charge >= 0.3 is 0 Å². The van der Waals surface area contributed by atoms with Crippen molar-refractivity contribution in [2.24, 2.45) is 10.7 Å². The summed E-state index contributed by atoms with van der Waals surface area (Å²) in [5.74, 6) is 2.80. The summed E-state index contributed by atoms with van der Waals surface area (Å²) in [7, 11) is 0. The van der Waals surface area contributed by atoms with Crippen LogP contribution in [0.2, 0.25) is 5.02 Å². The lowest BCUT2D eigenvalue weighted by molar-refractivity contribution is 0.327. The molecule has 110 valence electrons. The van der Waals surface area contributed by atoms with Gasteiger partial charge in [-0.2, -0.15) is 11.8 Å². The number of nitrogens with zero attached hydrogens (tertiary/aromatic N) is 2. The van der Waals surface area contributed by atoms with Gasteiger partial charge in [0, 0.05) is 30.7 Å². The van der Waals surface area contributed by atoms with E-state index >= 15 is 0 Å². The van der Waals surface area contributed by atoms with E-state index in [4.69, 9.17) is 22.1 Å². The SMILES string of the molecule is NC(=NCCOc1ccc(F)c(Cl)c1)N1CCSCC1. The zero-order valence-electron chi connectivity index (χ0n) is 11.0. The van der Waals surface area contributed by atoms with Crippen LogP contribution in [0.15, 0.2) is 23.2 Å². The fourth-order valence-electron chi connectivity index (χ4n) is 1.78. The van der Waals surface area contributed by atoms with Crippen LogP contribution in [0.3, 0.4) is 0 Å². The Kier molecular flexibility index (Phi) is 5.79. The van der Waals surface area contributed by atoms with Crippen LogP contribution in [-0.2, 0) is 0 Å². The van der Waals surface area contributed by atoms with Gasteiger partial charge in [-0.15, -0.1) is 0 Å². The highest BCUT2D eigenvalue weighted by Crippen LogP contribution is 2.20. The van der Waals surface area contributed by atoms with E-state index in [0.717, 1.165) is 24.6 Å². The number of aliphatic imine (C=N–C) groups is 1. The van der Waals surface area contributed by atoms with Crippen LogP contribution in [0.5, 0.6) is 5.75 Å². The van der Waals surface area contributed by atoms with Crippen LogP contribution in [0.1, 0.15) is 0 Å². The van der Waals surface area contributed by atoms with Gasteiger partial charge in [0.05, 0.1) is 11.6 Å². The predicted molar refractivity (Wildman–Crippen MR) is 82.3 cm³/mol. The Morgan fingerprint density at radius 2 is 2.20 bits per heavy atom. The number of hydrogen-bond donors (Lipinski definition) is 1. The molecule has 1 heterocycles. The summed E-state index contributed by atoms with van der Waals surface area (Å²) in [6, 6.07) is 4.27. The molecule has 1 aliphatic rings. The number of halogens is 2. The summed E-state index contributed by atoms with van der Waals surface area (Å²) >= 11 is 7.59. The van der Waals surface area contributed by atoms with Crippen molar-refractivity contribution < 1.29 is 9.13 Å². The number of guanidine groups is 1. The molecule has 0 amide bonds. The van der Waals surface area contributed by atoms with Crippen molar-refractivity contribution >= 4 is 29.3 Å². The highest BCUT2D eigenvalue weighted by molar-refractivity contribution is 7.99. The van der Waals surface area contributed by atoms with E-state index in [1.165, 1.54) is 18.2 Å². The Hall–Kier alpha value is -1.14. The van der Waals surface area contributed by atoms with Gasteiger partial charge in [0.1, 0.15) is 18.2 Å². The Bertz CT molecular complexity index is 481. The Morgan fingerprint density at radius 3 is 2.90 bits per heavy atom. The van der Waals surface area contributed by atoms with Gasteiger partial charge in [-0.1, -0.05) is 11.6 Å². The number of rotatable bonds is 4. The molecule has 2 rings (SSSR count). The lowest BCUT2D eigenvalue weighted by Crippen LogP contribution is -2.42. The van der Waals surface area contributed by atoms with E-state index in [0.29, 0.717) is 24.9 Å². The smallest absolute Gasteiger partial charge is 0.191 e. The van der Waals surface area contributed by atoms with Gasteiger partial charge in [-0.3, -0.25) is 0 Å². The van der Waals surface area contributed by atoms with Gasteiger partial charge in [0.2, 0.25) is 0 Å². The molecule has 4 nitrogen and oxygen atoms in total. The molecule has 2 N–H and O–H groups in total. The molecule has 1 saturated heterocycles. The van der Waals surface area contributed by atoms with Crippen molar-refractivity contribution in [2.45, 2.75) is 0 Å². The van der Waals surface area contributed by atoms with Crippen LogP contribution in [0.4, 0.5) is 4.39 Å². The molecular formula is C13H17ClFN3OS. The zero-order valence-corrected chi connectivity index (χ0v) is 12.6. The third-order valence-electron chi connectivity index (χ3n) is 2.86. The lowest BCUT2D eigenvalue weighted by Gasteiger charge is -2.27. The second-order valence-electron chi connectivity index (χ2n) is 4.26. The van der Waals surface area contributed by atoms with Gasteiger partial charge < -0.3 is 15.4 Å². The first-order valence-corrected chi connectivity index (χ1v) is 7.90.